The second-order valence-electron chi connectivity index (χ2n) is 4.46. The zero-order valence-corrected chi connectivity index (χ0v) is 12.5. The Morgan fingerprint density at radius 3 is 2.50 bits per heavy atom. The maximum atomic E-state index is 3.65. The Balaban J connectivity index is 1.86. The molecule has 0 unspecified atom stereocenters. The molecule has 0 radical (unpaired) electrons. The predicted molar refractivity (Wildman–Crippen MR) is 75.6 cm³/mol. The lowest BCUT2D eigenvalue weighted by molar-refractivity contribution is 0.372. The van der Waals surface area contributed by atoms with Gasteiger partial charge in [-0.2, -0.15) is 0 Å². The number of benzene rings is 1. The van der Waals surface area contributed by atoms with E-state index in [1.807, 2.05) is 0 Å². The zero-order chi connectivity index (χ0) is 11.4. The van der Waals surface area contributed by atoms with E-state index in [0.29, 0.717) is 0 Å². The Morgan fingerprint density at radius 1 is 1.06 bits per heavy atom. The highest BCUT2D eigenvalue weighted by Gasteiger charge is 2.12. The summed E-state index contributed by atoms with van der Waals surface area (Å²) in [5.41, 5.74) is 1.35. The molecule has 1 aromatic carbocycles. The first-order valence-corrected chi connectivity index (χ1v) is 7.51. The van der Waals surface area contributed by atoms with Crippen molar-refractivity contribution in [2.45, 2.75) is 44.7 Å². The van der Waals surface area contributed by atoms with Crippen LogP contribution in [0.15, 0.2) is 27.1 Å². The van der Waals surface area contributed by atoms with E-state index in [-0.39, 0.29) is 0 Å². The van der Waals surface area contributed by atoms with E-state index < -0.39 is 0 Å². The van der Waals surface area contributed by atoms with Crippen LogP contribution in [0.2, 0.25) is 0 Å². The average Bonchev–Trinajstić information content (AvgIpc) is 2.32. The highest BCUT2D eigenvalue weighted by molar-refractivity contribution is 9.13. The molecular formula is C13H17Br2N. The fraction of sp³-hybridized carbons (Fsp3) is 0.538. The van der Waals surface area contributed by atoms with Crippen molar-refractivity contribution in [1.29, 1.82) is 0 Å². The van der Waals surface area contributed by atoms with Crippen molar-refractivity contribution in [2.24, 2.45) is 0 Å². The van der Waals surface area contributed by atoms with Crippen molar-refractivity contribution in [2.75, 3.05) is 0 Å². The second-order valence-corrected chi connectivity index (χ2v) is 6.17. The molecule has 1 N–H and O–H groups in total. The molecule has 0 saturated heterocycles. The van der Waals surface area contributed by atoms with Crippen LogP contribution >= 0.6 is 31.9 Å². The van der Waals surface area contributed by atoms with Gasteiger partial charge >= 0.3 is 0 Å². The highest BCUT2D eigenvalue weighted by atomic mass is 79.9. The van der Waals surface area contributed by atoms with Gasteiger partial charge in [0.1, 0.15) is 0 Å². The lowest BCUT2D eigenvalue weighted by atomic mass is 9.95. The van der Waals surface area contributed by atoms with E-state index in [4.69, 9.17) is 0 Å². The van der Waals surface area contributed by atoms with Crippen LogP contribution in [0.25, 0.3) is 0 Å². The Kier molecular flexibility index (Phi) is 4.86. The second kappa shape index (κ2) is 6.18. The third kappa shape index (κ3) is 3.57. The molecule has 88 valence electrons. The fourth-order valence-corrected chi connectivity index (χ4v) is 2.89. The monoisotopic (exact) mass is 345 g/mol. The molecule has 1 aromatic rings. The molecule has 0 amide bonds. The van der Waals surface area contributed by atoms with Crippen molar-refractivity contribution in [3.05, 3.63) is 32.7 Å². The molecule has 0 atom stereocenters. The molecule has 0 bridgehead atoms. The van der Waals surface area contributed by atoms with Gasteiger partial charge in [0.25, 0.3) is 0 Å². The van der Waals surface area contributed by atoms with Crippen molar-refractivity contribution in [1.82, 2.24) is 5.32 Å². The minimum Gasteiger partial charge on any atom is -0.310 e. The van der Waals surface area contributed by atoms with Gasteiger partial charge in [-0.25, -0.2) is 0 Å². The van der Waals surface area contributed by atoms with E-state index in [0.717, 1.165) is 21.5 Å². The molecule has 0 heterocycles. The van der Waals surface area contributed by atoms with Gasteiger partial charge in [0.2, 0.25) is 0 Å². The van der Waals surface area contributed by atoms with Crippen LogP contribution in [0, 0.1) is 0 Å². The van der Waals surface area contributed by atoms with Gasteiger partial charge in [0.15, 0.2) is 0 Å². The molecule has 1 aliphatic rings. The third-order valence-corrected chi connectivity index (χ3v) is 5.06. The molecular weight excluding hydrogens is 330 g/mol. The molecule has 0 spiro atoms. The molecule has 1 nitrogen and oxygen atoms in total. The molecule has 2 rings (SSSR count). The predicted octanol–water partition coefficient (Wildman–Crippen LogP) is 4.63. The SMILES string of the molecule is Brc1ccc(CNC2CCCCC2)cc1Br. The smallest absolute Gasteiger partial charge is 0.0320 e. The van der Waals surface area contributed by atoms with Crippen molar-refractivity contribution < 1.29 is 0 Å². The van der Waals surface area contributed by atoms with Crippen LogP contribution in [-0.4, -0.2) is 6.04 Å². The number of rotatable bonds is 3. The van der Waals surface area contributed by atoms with Gasteiger partial charge in [-0.3, -0.25) is 0 Å². The van der Waals surface area contributed by atoms with E-state index >= 15 is 0 Å². The molecule has 0 aliphatic heterocycles. The standard InChI is InChI=1S/C13H17Br2N/c14-12-7-6-10(8-13(12)15)9-16-11-4-2-1-3-5-11/h6-8,11,16H,1-5,9H2. The normalized spacial score (nSPS) is 17.6. The number of hydrogen-bond donors (Lipinski definition) is 1. The topological polar surface area (TPSA) is 12.0 Å². The lowest BCUT2D eigenvalue weighted by Crippen LogP contribution is -2.30. The Labute approximate surface area is 114 Å². The molecule has 16 heavy (non-hydrogen) atoms. The van der Waals surface area contributed by atoms with E-state index in [2.05, 4.69) is 55.4 Å². The number of halogens is 2. The van der Waals surface area contributed by atoms with Crippen LogP contribution in [0.4, 0.5) is 0 Å². The van der Waals surface area contributed by atoms with Gasteiger partial charge in [0.05, 0.1) is 0 Å². The Bertz CT molecular complexity index is 346. The van der Waals surface area contributed by atoms with Gasteiger partial charge in [0, 0.05) is 21.5 Å². The minimum absolute atomic E-state index is 0.733. The van der Waals surface area contributed by atoms with Crippen LogP contribution in [0.5, 0.6) is 0 Å². The summed E-state index contributed by atoms with van der Waals surface area (Å²) in [7, 11) is 0. The highest BCUT2D eigenvalue weighted by Crippen LogP contribution is 2.24. The summed E-state index contributed by atoms with van der Waals surface area (Å²) >= 11 is 7.03. The summed E-state index contributed by atoms with van der Waals surface area (Å²) in [5.74, 6) is 0. The maximum Gasteiger partial charge on any atom is 0.0320 e. The summed E-state index contributed by atoms with van der Waals surface area (Å²) < 4.78 is 2.25. The van der Waals surface area contributed by atoms with Gasteiger partial charge in [-0.1, -0.05) is 25.3 Å². The molecule has 0 aromatic heterocycles. The summed E-state index contributed by atoms with van der Waals surface area (Å²) in [4.78, 5) is 0. The fourth-order valence-electron chi connectivity index (χ4n) is 2.22. The van der Waals surface area contributed by atoms with E-state index in [1.165, 1.54) is 37.7 Å². The summed E-state index contributed by atoms with van der Waals surface area (Å²) in [6, 6.07) is 7.18. The first-order chi connectivity index (χ1) is 7.75. The summed E-state index contributed by atoms with van der Waals surface area (Å²) in [5, 5.41) is 3.65. The van der Waals surface area contributed by atoms with E-state index in [1.54, 1.807) is 0 Å². The number of nitrogens with one attached hydrogen (secondary N) is 1. The van der Waals surface area contributed by atoms with Gasteiger partial charge in [-0.05, 0) is 62.4 Å². The number of hydrogen-bond acceptors (Lipinski definition) is 1. The molecule has 1 saturated carbocycles. The average molecular weight is 347 g/mol. The van der Waals surface area contributed by atoms with Gasteiger partial charge < -0.3 is 5.32 Å². The zero-order valence-electron chi connectivity index (χ0n) is 9.31. The van der Waals surface area contributed by atoms with Crippen LogP contribution in [0.3, 0.4) is 0 Å². The summed E-state index contributed by atoms with van der Waals surface area (Å²) in [6.45, 7) is 0.983. The van der Waals surface area contributed by atoms with Gasteiger partial charge in [-0.15, -0.1) is 0 Å². The summed E-state index contributed by atoms with van der Waals surface area (Å²) in [6.07, 6.45) is 6.89. The first kappa shape index (κ1) is 12.6. The third-order valence-electron chi connectivity index (χ3n) is 3.18. The quantitative estimate of drug-likeness (QED) is 0.841. The Hall–Kier alpha value is 0.140. The molecule has 3 heteroatoms. The lowest BCUT2D eigenvalue weighted by Gasteiger charge is -2.22. The van der Waals surface area contributed by atoms with Crippen LogP contribution in [-0.2, 0) is 6.54 Å². The van der Waals surface area contributed by atoms with Crippen LogP contribution < -0.4 is 5.32 Å². The largest absolute Gasteiger partial charge is 0.310 e. The van der Waals surface area contributed by atoms with Crippen LogP contribution in [0.1, 0.15) is 37.7 Å². The van der Waals surface area contributed by atoms with Crippen molar-refractivity contribution in [3.63, 3.8) is 0 Å². The molecule has 1 fully saturated rings. The van der Waals surface area contributed by atoms with Crippen molar-refractivity contribution in [3.8, 4) is 0 Å². The van der Waals surface area contributed by atoms with E-state index in [9.17, 15) is 0 Å². The maximum absolute atomic E-state index is 3.65. The minimum atomic E-state index is 0.733. The van der Waals surface area contributed by atoms with Crippen molar-refractivity contribution >= 4 is 31.9 Å². The first-order valence-electron chi connectivity index (χ1n) is 5.93. The Morgan fingerprint density at radius 2 is 1.81 bits per heavy atom. The molecule has 1 aliphatic carbocycles.